The molecule has 1 aliphatic heterocycles. The van der Waals surface area contributed by atoms with Crippen LogP contribution in [-0.4, -0.2) is 57.1 Å². The zero-order valence-electron chi connectivity index (χ0n) is 17.9. The van der Waals surface area contributed by atoms with Gasteiger partial charge in [0, 0.05) is 45.2 Å². The molecule has 1 aromatic carbocycles. The Kier molecular flexibility index (Phi) is 7.11. The third kappa shape index (κ3) is 5.39. The van der Waals surface area contributed by atoms with Gasteiger partial charge in [0.05, 0.1) is 12.2 Å². The van der Waals surface area contributed by atoms with Crippen LogP contribution in [0.3, 0.4) is 0 Å². The number of carbonyl (C=O) groups excluding carboxylic acids is 1. The van der Waals surface area contributed by atoms with Gasteiger partial charge in [-0.25, -0.2) is 4.68 Å². The number of hydrogen-bond donors (Lipinski definition) is 1. The molecule has 2 aromatic heterocycles. The minimum absolute atomic E-state index is 0.188. The van der Waals surface area contributed by atoms with E-state index in [1.807, 2.05) is 64.2 Å². The number of aryl methyl sites for hydroxylation is 1. The number of benzene rings is 1. The van der Waals surface area contributed by atoms with E-state index in [-0.39, 0.29) is 11.9 Å². The number of likely N-dealkylation sites (tertiary alicyclic amines) is 1. The van der Waals surface area contributed by atoms with Gasteiger partial charge in [0.2, 0.25) is 0 Å². The molecule has 8 nitrogen and oxygen atoms in total. The van der Waals surface area contributed by atoms with Gasteiger partial charge in [-0.1, -0.05) is 30.3 Å². The molecule has 1 saturated heterocycles. The molecule has 0 unspecified atom stereocenters. The van der Waals surface area contributed by atoms with E-state index in [0.29, 0.717) is 0 Å². The highest BCUT2D eigenvalue weighted by molar-refractivity contribution is 5.94. The predicted octanol–water partition coefficient (Wildman–Crippen LogP) is 3.13. The summed E-state index contributed by atoms with van der Waals surface area (Å²) in [4.78, 5) is 15.4. The fourth-order valence-corrected chi connectivity index (χ4v) is 4.19. The van der Waals surface area contributed by atoms with Crippen LogP contribution in [0.25, 0.3) is 0 Å². The first-order chi connectivity index (χ1) is 15.2. The number of rotatable bonds is 9. The van der Waals surface area contributed by atoms with Gasteiger partial charge in [0.15, 0.2) is 6.10 Å². The third-order valence-electron chi connectivity index (χ3n) is 5.82. The molecule has 0 bridgehead atoms. The van der Waals surface area contributed by atoms with E-state index in [0.717, 1.165) is 56.8 Å². The molecule has 3 aromatic rings. The molecule has 164 valence electrons. The standard InChI is InChI=1S/C23H30N6O2/c1-31-22(19-7-3-2-4-8-19)23(30)26-21-9-13-25-29(21)20-10-17-27(18-11-20)14-6-16-28-15-5-12-24-28/h2-5,7-9,12-13,15,20,22H,6,10-11,14,16-18H2,1H3,(H,26,30)/t22-/m1/s1. The van der Waals surface area contributed by atoms with Crippen LogP contribution in [0.4, 0.5) is 5.82 Å². The summed E-state index contributed by atoms with van der Waals surface area (Å²) in [7, 11) is 1.55. The van der Waals surface area contributed by atoms with Crippen molar-refractivity contribution in [3.63, 3.8) is 0 Å². The lowest BCUT2D eigenvalue weighted by Crippen LogP contribution is -2.36. The molecule has 1 N–H and O–H groups in total. The van der Waals surface area contributed by atoms with Crippen molar-refractivity contribution in [2.75, 3.05) is 32.1 Å². The van der Waals surface area contributed by atoms with Crippen molar-refractivity contribution in [1.82, 2.24) is 24.5 Å². The van der Waals surface area contributed by atoms with Gasteiger partial charge in [-0.05, 0) is 37.4 Å². The van der Waals surface area contributed by atoms with Gasteiger partial charge in [-0.2, -0.15) is 10.2 Å². The van der Waals surface area contributed by atoms with Gasteiger partial charge in [-0.3, -0.25) is 9.48 Å². The van der Waals surface area contributed by atoms with Crippen molar-refractivity contribution in [3.05, 3.63) is 66.6 Å². The minimum atomic E-state index is -0.652. The Hall–Kier alpha value is -2.97. The van der Waals surface area contributed by atoms with Crippen molar-refractivity contribution in [2.24, 2.45) is 0 Å². The summed E-state index contributed by atoms with van der Waals surface area (Å²) in [6.45, 7) is 4.08. The van der Waals surface area contributed by atoms with Gasteiger partial charge in [0.1, 0.15) is 5.82 Å². The third-order valence-corrected chi connectivity index (χ3v) is 5.82. The number of aromatic nitrogens is 4. The zero-order chi connectivity index (χ0) is 21.5. The molecule has 1 atom stereocenters. The molecule has 1 fully saturated rings. The summed E-state index contributed by atoms with van der Waals surface area (Å²) in [5.41, 5.74) is 0.831. The lowest BCUT2D eigenvalue weighted by Gasteiger charge is -2.32. The second-order valence-electron chi connectivity index (χ2n) is 7.87. The summed E-state index contributed by atoms with van der Waals surface area (Å²) in [5, 5.41) is 11.8. The predicted molar refractivity (Wildman–Crippen MR) is 119 cm³/mol. The Morgan fingerprint density at radius 1 is 1.10 bits per heavy atom. The fourth-order valence-electron chi connectivity index (χ4n) is 4.19. The van der Waals surface area contributed by atoms with Crippen LogP contribution in [0.5, 0.6) is 0 Å². The lowest BCUT2D eigenvalue weighted by molar-refractivity contribution is -0.126. The molecule has 31 heavy (non-hydrogen) atoms. The van der Waals surface area contributed by atoms with E-state index in [2.05, 4.69) is 20.4 Å². The Labute approximate surface area is 182 Å². The molecule has 3 heterocycles. The van der Waals surface area contributed by atoms with E-state index < -0.39 is 6.10 Å². The van der Waals surface area contributed by atoms with Crippen LogP contribution in [0.15, 0.2) is 61.1 Å². The van der Waals surface area contributed by atoms with Crippen molar-refractivity contribution in [1.29, 1.82) is 0 Å². The molecule has 1 amide bonds. The Bertz CT molecular complexity index is 932. The fraction of sp³-hybridized carbons (Fsp3) is 0.435. The molecular weight excluding hydrogens is 392 g/mol. The molecule has 1 aliphatic rings. The SMILES string of the molecule is CO[C@@H](C(=O)Nc1ccnn1C1CCN(CCCn2cccn2)CC1)c1ccccc1. The summed E-state index contributed by atoms with van der Waals surface area (Å²) in [5.74, 6) is 0.534. The molecule has 8 heteroatoms. The second kappa shape index (κ2) is 10.4. The number of piperidine rings is 1. The summed E-state index contributed by atoms with van der Waals surface area (Å²) in [6, 6.07) is 13.6. The number of methoxy groups -OCH3 is 1. The van der Waals surface area contributed by atoms with Crippen molar-refractivity contribution in [2.45, 2.75) is 38.0 Å². The molecule has 0 radical (unpaired) electrons. The highest BCUT2D eigenvalue weighted by atomic mass is 16.5. The number of amides is 1. The number of nitrogens with one attached hydrogen (secondary N) is 1. The highest BCUT2D eigenvalue weighted by Crippen LogP contribution is 2.26. The largest absolute Gasteiger partial charge is 0.367 e. The molecule has 0 saturated carbocycles. The number of ether oxygens (including phenoxy) is 1. The number of carbonyl (C=O) groups is 1. The van der Waals surface area contributed by atoms with Gasteiger partial charge in [0.25, 0.3) is 5.91 Å². The summed E-state index contributed by atoms with van der Waals surface area (Å²) in [6.07, 6.45) is 8.04. The first-order valence-electron chi connectivity index (χ1n) is 10.9. The van der Waals surface area contributed by atoms with E-state index in [9.17, 15) is 4.79 Å². The maximum absolute atomic E-state index is 12.9. The van der Waals surface area contributed by atoms with Gasteiger partial charge < -0.3 is 15.0 Å². The normalized spacial score (nSPS) is 16.3. The van der Waals surface area contributed by atoms with E-state index in [1.54, 1.807) is 13.3 Å². The summed E-state index contributed by atoms with van der Waals surface area (Å²) >= 11 is 0. The van der Waals surface area contributed by atoms with Crippen LogP contribution < -0.4 is 5.32 Å². The second-order valence-corrected chi connectivity index (χ2v) is 7.87. The first kappa shape index (κ1) is 21.3. The van der Waals surface area contributed by atoms with E-state index in [4.69, 9.17) is 4.74 Å². The maximum Gasteiger partial charge on any atom is 0.259 e. The minimum Gasteiger partial charge on any atom is -0.367 e. The Morgan fingerprint density at radius 3 is 2.61 bits per heavy atom. The van der Waals surface area contributed by atoms with Crippen LogP contribution in [0, 0.1) is 0 Å². The van der Waals surface area contributed by atoms with Crippen LogP contribution >= 0.6 is 0 Å². The highest BCUT2D eigenvalue weighted by Gasteiger charge is 2.25. The zero-order valence-corrected chi connectivity index (χ0v) is 17.9. The van der Waals surface area contributed by atoms with Gasteiger partial charge in [-0.15, -0.1) is 0 Å². The van der Waals surface area contributed by atoms with Gasteiger partial charge >= 0.3 is 0 Å². The maximum atomic E-state index is 12.9. The van der Waals surface area contributed by atoms with E-state index in [1.165, 1.54) is 0 Å². The Balaban J connectivity index is 1.30. The Morgan fingerprint density at radius 2 is 1.90 bits per heavy atom. The molecule has 4 rings (SSSR count). The van der Waals surface area contributed by atoms with Crippen LogP contribution in [0.1, 0.15) is 37.0 Å². The smallest absolute Gasteiger partial charge is 0.259 e. The summed E-state index contributed by atoms with van der Waals surface area (Å²) < 4.78 is 9.39. The number of anilines is 1. The quantitative estimate of drug-likeness (QED) is 0.573. The number of nitrogens with zero attached hydrogens (tertiary/aromatic N) is 5. The van der Waals surface area contributed by atoms with Crippen molar-refractivity contribution >= 4 is 11.7 Å². The van der Waals surface area contributed by atoms with Crippen molar-refractivity contribution < 1.29 is 9.53 Å². The average Bonchev–Trinajstić information content (AvgIpc) is 3.48. The van der Waals surface area contributed by atoms with Crippen molar-refractivity contribution in [3.8, 4) is 0 Å². The average molecular weight is 423 g/mol. The topological polar surface area (TPSA) is 77.2 Å². The molecule has 0 spiro atoms. The lowest BCUT2D eigenvalue weighted by atomic mass is 10.0. The van der Waals surface area contributed by atoms with E-state index >= 15 is 0 Å². The number of hydrogen-bond acceptors (Lipinski definition) is 5. The molecular formula is C23H30N6O2. The van der Waals surface area contributed by atoms with Crippen LogP contribution in [0.2, 0.25) is 0 Å². The van der Waals surface area contributed by atoms with Crippen LogP contribution in [-0.2, 0) is 16.1 Å². The monoisotopic (exact) mass is 422 g/mol. The molecule has 0 aliphatic carbocycles. The first-order valence-corrected chi connectivity index (χ1v) is 10.9.